The normalized spacial score (nSPS) is 13.8. The maximum absolute atomic E-state index is 12.9. The first-order chi connectivity index (χ1) is 21.0. The van der Waals surface area contributed by atoms with Crippen molar-refractivity contribution in [1.82, 2.24) is 16.0 Å². The number of alkyl carbamates (subject to hydrolysis) is 1. The number of carbonyl (C=O) groups is 6. The number of carboxylic acids is 2. The molecule has 3 aromatic carbocycles. The van der Waals surface area contributed by atoms with Crippen molar-refractivity contribution in [1.29, 1.82) is 0 Å². The molecular weight excluding hydrogens is 570 g/mol. The molecule has 3 atom stereocenters. The van der Waals surface area contributed by atoms with Crippen molar-refractivity contribution >= 4 is 35.6 Å². The van der Waals surface area contributed by atoms with E-state index in [-0.39, 0.29) is 18.9 Å². The van der Waals surface area contributed by atoms with Gasteiger partial charge in [-0.3, -0.25) is 19.2 Å². The third-order valence-electron chi connectivity index (χ3n) is 7.21. The summed E-state index contributed by atoms with van der Waals surface area (Å²) in [4.78, 5) is 73.5. The molecule has 12 heteroatoms. The van der Waals surface area contributed by atoms with Crippen molar-refractivity contribution < 1.29 is 43.7 Å². The third kappa shape index (κ3) is 7.65. The average molecular weight is 602 g/mol. The number of hydrogen-bond donors (Lipinski definition) is 5. The summed E-state index contributed by atoms with van der Waals surface area (Å²) in [6.07, 6.45) is -1.94. The number of ether oxygens (including phenoxy) is 1. The van der Waals surface area contributed by atoms with Crippen LogP contribution in [-0.2, 0) is 35.1 Å². The zero-order valence-electron chi connectivity index (χ0n) is 23.7. The summed E-state index contributed by atoms with van der Waals surface area (Å²) < 4.78 is 5.42. The Morgan fingerprint density at radius 2 is 1.30 bits per heavy atom. The van der Waals surface area contributed by atoms with Gasteiger partial charge in [0.1, 0.15) is 24.7 Å². The van der Waals surface area contributed by atoms with E-state index in [1.54, 1.807) is 30.3 Å². The van der Waals surface area contributed by atoms with Crippen LogP contribution in [-0.4, -0.2) is 70.6 Å². The maximum atomic E-state index is 12.9. The molecule has 0 saturated carbocycles. The van der Waals surface area contributed by atoms with Crippen LogP contribution in [0.4, 0.5) is 4.79 Å². The number of fused-ring (bicyclic) bond motifs is 3. The fourth-order valence-electron chi connectivity index (χ4n) is 5.05. The number of hydrogen-bond acceptors (Lipinski definition) is 7. The lowest BCUT2D eigenvalue weighted by Crippen LogP contribution is -2.56. The molecule has 12 nitrogen and oxygen atoms in total. The van der Waals surface area contributed by atoms with E-state index >= 15 is 0 Å². The molecule has 0 saturated heterocycles. The lowest BCUT2D eigenvalue weighted by molar-refractivity contribution is -0.150. The van der Waals surface area contributed by atoms with Crippen LogP contribution >= 0.6 is 0 Å². The minimum atomic E-state index is -1.74. The Balaban J connectivity index is 1.37. The number of carboxylic acid groups (broad SMARTS) is 2. The Hall–Kier alpha value is -5.52. The molecule has 44 heavy (non-hydrogen) atoms. The lowest BCUT2D eigenvalue weighted by atomic mass is 9.98. The van der Waals surface area contributed by atoms with Gasteiger partial charge in [0.15, 0.2) is 0 Å². The van der Waals surface area contributed by atoms with E-state index in [1.165, 1.54) is 6.92 Å². The molecule has 1 aliphatic rings. The highest BCUT2D eigenvalue weighted by Gasteiger charge is 2.32. The van der Waals surface area contributed by atoms with Crippen LogP contribution in [0.5, 0.6) is 0 Å². The van der Waals surface area contributed by atoms with E-state index in [0.717, 1.165) is 22.3 Å². The number of amides is 3. The Morgan fingerprint density at radius 1 is 0.727 bits per heavy atom. The van der Waals surface area contributed by atoms with Crippen LogP contribution in [0, 0.1) is 0 Å². The van der Waals surface area contributed by atoms with Crippen molar-refractivity contribution in [2.75, 3.05) is 6.61 Å². The lowest BCUT2D eigenvalue weighted by Gasteiger charge is -2.22. The van der Waals surface area contributed by atoms with Crippen LogP contribution in [0.25, 0.3) is 11.1 Å². The number of ketones is 1. The van der Waals surface area contributed by atoms with Gasteiger partial charge in [0.2, 0.25) is 11.8 Å². The highest BCUT2D eigenvalue weighted by atomic mass is 16.5. The largest absolute Gasteiger partial charge is 0.481 e. The van der Waals surface area contributed by atoms with Gasteiger partial charge in [-0.25, -0.2) is 9.59 Å². The SMILES string of the molecule is C[C@H](NC(=O)[C@H](CC(=O)O)NC(=O)OCC1c2ccccc2-c2ccccc21)C(=O)N[C@@H](Cc1ccccc1)C(=O)C(=O)O. The molecule has 0 bridgehead atoms. The fourth-order valence-corrected chi connectivity index (χ4v) is 5.05. The van der Waals surface area contributed by atoms with E-state index in [2.05, 4.69) is 16.0 Å². The molecule has 4 rings (SSSR count). The Kier molecular flexibility index (Phi) is 10.1. The third-order valence-corrected chi connectivity index (χ3v) is 7.21. The number of carbonyl (C=O) groups excluding carboxylic acids is 4. The smallest absolute Gasteiger partial charge is 0.407 e. The second-order valence-corrected chi connectivity index (χ2v) is 10.3. The zero-order chi connectivity index (χ0) is 31.8. The molecule has 3 aromatic rings. The summed E-state index contributed by atoms with van der Waals surface area (Å²) in [5.41, 5.74) is 4.56. The maximum Gasteiger partial charge on any atom is 0.407 e. The van der Waals surface area contributed by atoms with E-state index in [0.29, 0.717) is 5.56 Å². The molecule has 0 aromatic heterocycles. The first kappa shape index (κ1) is 31.4. The molecule has 3 amide bonds. The molecule has 0 aliphatic heterocycles. The van der Waals surface area contributed by atoms with Crippen LogP contribution in [0.1, 0.15) is 36.0 Å². The van der Waals surface area contributed by atoms with Crippen LogP contribution < -0.4 is 16.0 Å². The van der Waals surface area contributed by atoms with E-state index in [1.807, 2.05) is 48.5 Å². The van der Waals surface area contributed by atoms with Crippen LogP contribution in [0.2, 0.25) is 0 Å². The van der Waals surface area contributed by atoms with Crippen LogP contribution in [0.3, 0.4) is 0 Å². The molecule has 0 radical (unpaired) electrons. The molecule has 5 N–H and O–H groups in total. The second-order valence-electron chi connectivity index (χ2n) is 10.3. The monoisotopic (exact) mass is 601 g/mol. The van der Waals surface area contributed by atoms with Crippen molar-refractivity contribution in [3.8, 4) is 11.1 Å². The van der Waals surface area contributed by atoms with Gasteiger partial charge in [0.05, 0.1) is 6.42 Å². The van der Waals surface area contributed by atoms with Crippen molar-refractivity contribution in [3.05, 3.63) is 95.6 Å². The summed E-state index contributed by atoms with van der Waals surface area (Å²) in [5, 5.41) is 25.4. The van der Waals surface area contributed by atoms with Crippen molar-refractivity contribution in [2.24, 2.45) is 0 Å². The number of Topliss-reactive ketones (excluding diaryl/α,β-unsaturated/α-hetero) is 1. The Morgan fingerprint density at radius 3 is 1.86 bits per heavy atom. The summed E-state index contributed by atoms with van der Waals surface area (Å²) in [6, 6.07) is 19.5. The molecule has 0 fully saturated rings. The first-order valence-electron chi connectivity index (χ1n) is 13.8. The van der Waals surface area contributed by atoms with Crippen molar-refractivity contribution in [2.45, 2.75) is 43.8 Å². The van der Waals surface area contributed by atoms with Crippen molar-refractivity contribution in [3.63, 3.8) is 0 Å². The molecule has 0 spiro atoms. The topological polar surface area (TPSA) is 188 Å². The predicted octanol–water partition coefficient (Wildman–Crippen LogP) is 2.25. The Bertz CT molecular complexity index is 1530. The quantitative estimate of drug-likeness (QED) is 0.183. The van der Waals surface area contributed by atoms with E-state index < -0.39 is 60.2 Å². The van der Waals surface area contributed by atoms with Gasteiger partial charge < -0.3 is 30.9 Å². The molecule has 0 unspecified atom stereocenters. The van der Waals surface area contributed by atoms with Gasteiger partial charge in [-0.15, -0.1) is 0 Å². The van der Waals surface area contributed by atoms with Gasteiger partial charge in [0.25, 0.3) is 5.78 Å². The molecule has 0 heterocycles. The minimum absolute atomic E-state index is 0.0690. The minimum Gasteiger partial charge on any atom is -0.481 e. The summed E-state index contributed by atoms with van der Waals surface area (Å²) in [7, 11) is 0. The van der Waals surface area contributed by atoms with Gasteiger partial charge in [-0.05, 0) is 34.7 Å². The van der Waals surface area contributed by atoms with Gasteiger partial charge in [-0.2, -0.15) is 0 Å². The number of rotatable bonds is 13. The van der Waals surface area contributed by atoms with Gasteiger partial charge >= 0.3 is 18.0 Å². The van der Waals surface area contributed by atoms with E-state index in [9.17, 15) is 39.0 Å². The summed E-state index contributed by atoms with van der Waals surface area (Å²) >= 11 is 0. The summed E-state index contributed by atoms with van der Waals surface area (Å²) in [5.74, 6) is -6.52. The number of benzene rings is 3. The number of aliphatic carboxylic acids is 2. The van der Waals surface area contributed by atoms with Gasteiger partial charge in [0, 0.05) is 12.3 Å². The molecular formula is C32H31N3O9. The van der Waals surface area contributed by atoms with Gasteiger partial charge in [-0.1, -0.05) is 78.9 Å². The fraction of sp³-hybridized carbons (Fsp3) is 0.250. The molecule has 1 aliphatic carbocycles. The van der Waals surface area contributed by atoms with E-state index in [4.69, 9.17) is 4.74 Å². The highest BCUT2D eigenvalue weighted by molar-refractivity contribution is 6.35. The average Bonchev–Trinajstić information content (AvgIpc) is 3.32. The van der Waals surface area contributed by atoms with Crippen LogP contribution in [0.15, 0.2) is 78.9 Å². The standard InChI is InChI=1S/C32H31N3O9/c1-18(29(39)34-25(28(38)31(41)42)15-19-9-3-2-4-10-19)33-30(40)26(16-27(36)37)35-32(43)44-17-24-22-13-7-5-11-20(22)21-12-6-8-14-23(21)24/h2-14,18,24-26H,15-17H2,1H3,(H,33,40)(H,34,39)(H,35,43)(H,36,37)(H,41,42)/t18-,25-,26-/m0/s1. The zero-order valence-corrected chi connectivity index (χ0v) is 23.7. The predicted molar refractivity (Wildman–Crippen MR) is 157 cm³/mol. The molecule has 228 valence electrons. The number of nitrogens with one attached hydrogen (secondary N) is 3. The second kappa shape index (κ2) is 14.1. The Labute approximate surface area is 252 Å². The summed E-state index contributed by atoms with van der Waals surface area (Å²) in [6.45, 7) is 1.20. The first-order valence-corrected chi connectivity index (χ1v) is 13.8. The highest BCUT2D eigenvalue weighted by Crippen LogP contribution is 2.44.